The largest absolute Gasteiger partial charge is 0.476 e. The van der Waals surface area contributed by atoms with Gasteiger partial charge in [0.15, 0.2) is 5.70 Å². The van der Waals surface area contributed by atoms with Gasteiger partial charge in [-0.05, 0) is 27.7 Å². The number of nitrogens with one attached hydrogen (secondary N) is 1. The molecule has 6 nitrogen and oxygen atoms in total. The van der Waals surface area contributed by atoms with E-state index in [1.54, 1.807) is 33.1 Å². The molecular formula is C13H22N2O4S. The molecule has 1 aliphatic heterocycles. The summed E-state index contributed by atoms with van der Waals surface area (Å²) in [4.78, 5) is 27.1. The van der Waals surface area contributed by atoms with Crippen LogP contribution in [0, 0.1) is 0 Å². The zero-order chi connectivity index (χ0) is 15.7. The van der Waals surface area contributed by atoms with E-state index in [0.717, 1.165) is 0 Å². The molecule has 0 aromatic rings. The van der Waals surface area contributed by atoms with Crippen LogP contribution in [0.5, 0.6) is 0 Å². The summed E-state index contributed by atoms with van der Waals surface area (Å²) >= 11 is 0. The summed E-state index contributed by atoms with van der Waals surface area (Å²) < 4.78 is 8.09. The topological polar surface area (TPSA) is 88.0 Å². The predicted molar refractivity (Wildman–Crippen MR) is 80.9 cm³/mol. The van der Waals surface area contributed by atoms with Gasteiger partial charge in [0.25, 0.3) is 0 Å². The van der Waals surface area contributed by atoms with Gasteiger partial charge in [0, 0.05) is 10.7 Å². The fourth-order valence-electron chi connectivity index (χ4n) is 1.77. The average Bonchev–Trinajstić information content (AvgIpc) is 2.54. The molecule has 2 N–H and O–H groups in total. The first-order chi connectivity index (χ1) is 8.98. The van der Waals surface area contributed by atoms with Crippen molar-refractivity contribution in [2.45, 2.75) is 52.4 Å². The highest BCUT2D eigenvalue weighted by molar-refractivity contribution is 8.47. The third-order valence-corrected chi connectivity index (χ3v) is 6.33. The molecule has 0 aromatic carbocycles. The molecule has 0 radical (unpaired) electrons. The molecule has 1 aliphatic rings. The summed E-state index contributed by atoms with van der Waals surface area (Å²) in [7, 11) is -1.94. The molecule has 0 bridgehead atoms. The van der Waals surface area contributed by atoms with Crippen LogP contribution in [0.4, 0.5) is 4.79 Å². The second-order valence-electron chi connectivity index (χ2n) is 5.80. The van der Waals surface area contributed by atoms with Crippen LogP contribution in [0.15, 0.2) is 16.1 Å². The Balaban J connectivity index is 3.05. The lowest BCUT2D eigenvalue weighted by molar-refractivity contribution is -0.132. The Labute approximate surface area is 120 Å². The van der Waals surface area contributed by atoms with E-state index in [1.165, 1.54) is 0 Å². The minimum atomic E-state index is -1.94. The van der Waals surface area contributed by atoms with Crippen molar-refractivity contribution in [1.82, 2.24) is 4.72 Å². The van der Waals surface area contributed by atoms with Crippen LogP contribution in [0.25, 0.3) is 0 Å². The van der Waals surface area contributed by atoms with Crippen LogP contribution in [0.1, 0.15) is 41.5 Å². The maximum atomic E-state index is 12.0. The molecule has 0 fully saturated rings. The Morgan fingerprint density at radius 3 is 2.30 bits per heavy atom. The van der Waals surface area contributed by atoms with Gasteiger partial charge < -0.3 is 9.84 Å². The Kier molecular flexibility index (Phi) is 4.53. The van der Waals surface area contributed by atoms with Gasteiger partial charge in [-0.2, -0.15) is 0 Å². The van der Waals surface area contributed by atoms with Crippen molar-refractivity contribution >= 4 is 27.3 Å². The van der Waals surface area contributed by atoms with Crippen LogP contribution in [0.2, 0.25) is 0 Å². The van der Waals surface area contributed by atoms with Gasteiger partial charge in [-0.1, -0.05) is 24.1 Å². The van der Waals surface area contributed by atoms with E-state index in [1.807, 2.05) is 13.8 Å². The van der Waals surface area contributed by atoms with E-state index in [4.69, 9.17) is 9.84 Å². The number of aliphatic carboxylic acids is 1. The van der Waals surface area contributed by atoms with Crippen molar-refractivity contribution in [3.8, 4) is 0 Å². The highest BCUT2D eigenvalue weighted by atomic mass is 32.3. The SMILES string of the molecule is CC1=NC(C(=O)O)=CS1(NC(=O)OC(C)(C)C)C(C)C. The van der Waals surface area contributed by atoms with Gasteiger partial charge in [0.1, 0.15) is 5.60 Å². The molecule has 7 heteroatoms. The summed E-state index contributed by atoms with van der Waals surface area (Å²) in [6.07, 6.45) is -0.557. The maximum Gasteiger partial charge on any atom is 0.417 e. The van der Waals surface area contributed by atoms with Crippen LogP contribution in [-0.4, -0.2) is 33.1 Å². The quantitative estimate of drug-likeness (QED) is 0.839. The standard InChI is InChI=1S/C13H22N2O4S/c1-8(2)20(15-12(18)19-13(4,5)6)7-10(11(16)17)14-9(20)3/h7-8H,1-6H3,(H,15,18)(H,16,17). The fraction of sp³-hybridized carbons (Fsp3) is 0.615. The van der Waals surface area contributed by atoms with Crippen LogP contribution in [-0.2, 0) is 9.53 Å². The van der Waals surface area contributed by atoms with Crippen molar-refractivity contribution in [1.29, 1.82) is 0 Å². The average molecular weight is 302 g/mol. The van der Waals surface area contributed by atoms with Crippen LogP contribution in [0.3, 0.4) is 0 Å². The number of ether oxygens (including phenoxy) is 1. The first-order valence-electron chi connectivity index (χ1n) is 6.31. The third kappa shape index (κ3) is 3.53. The number of carbonyl (C=O) groups is 2. The molecule has 1 unspecified atom stereocenters. The molecule has 1 amide bonds. The molecule has 0 saturated heterocycles. The van der Waals surface area contributed by atoms with Gasteiger partial charge in [0.2, 0.25) is 0 Å². The molecule has 0 saturated carbocycles. The molecule has 0 spiro atoms. The van der Waals surface area contributed by atoms with E-state index in [0.29, 0.717) is 5.04 Å². The van der Waals surface area contributed by atoms with Crippen molar-refractivity contribution in [3.63, 3.8) is 0 Å². The summed E-state index contributed by atoms with van der Waals surface area (Å²) in [5, 5.41) is 11.3. The van der Waals surface area contributed by atoms with Crippen LogP contribution >= 0.6 is 10.2 Å². The molecule has 0 aliphatic carbocycles. The van der Waals surface area contributed by atoms with Gasteiger partial charge in [-0.3, -0.25) is 4.72 Å². The van der Waals surface area contributed by atoms with Crippen molar-refractivity contribution in [2.24, 2.45) is 4.99 Å². The number of hydrogen-bond acceptors (Lipinski definition) is 4. The maximum absolute atomic E-state index is 12.0. The minimum Gasteiger partial charge on any atom is -0.476 e. The Hall–Kier alpha value is -1.50. The number of amides is 1. The number of rotatable bonds is 3. The van der Waals surface area contributed by atoms with Gasteiger partial charge in [-0.25, -0.2) is 14.6 Å². The summed E-state index contributed by atoms with van der Waals surface area (Å²) in [6, 6.07) is 0. The molecule has 20 heavy (non-hydrogen) atoms. The Morgan fingerprint density at radius 2 is 1.95 bits per heavy atom. The number of hydrogen-bond donors (Lipinski definition) is 2. The van der Waals surface area contributed by atoms with Crippen molar-refractivity contribution < 1.29 is 19.4 Å². The molecule has 1 atom stereocenters. The van der Waals surface area contributed by atoms with E-state index in [2.05, 4.69) is 9.71 Å². The monoisotopic (exact) mass is 302 g/mol. The Bertz CT molecular complexity index is 491. The molecule has 0 aromatic heterocycles. The lowest BCUT2D eigenvalue weighted by atomic mass is 10.2. The highest BCUT2D eigenvalue weighted by Gasteiger charge is 2.38. The number of carboxylic acid groups (broad SMARTS) is 1. The lowest BCUT2D eigenvalue weighted by Crippen LogP contribution is -2.38. The Morgan fingerprint density at radius 1 is 1.40 bits per heavy atom. The first-order valence-corrected chi connectivity index (χ1v) is 8.07. The number of carbonyl (C=O) groups excluding carboxylic acids is 1. The number of aliphatic imine (C=N–C) groups is 1. The summed E-state index contributed by atoms with van der Waals surface area (Å²) in [5.74, 6) is -1.09. The molecule has 1 rings (SSSR count). The highest BCUT2D eigenvalue weighted by Crippen LogP contribution is 2.55. The van der Waals surface area contributed by atoms with E-state index >= 15 is 0 Å². The van der Waals surface area contributed by atoms with Gasteiger partial charge in [0.05, 0.1) is 5.04 Å². The molecule has 114 valence electrons. The summed E-state index contributed by atoms with van der Waals surface area (Å²) in [5.41, 5.74) is -0.632. The number of carboxylic acids is 1. The second kappa shape index (κ2) is 5.47. The molecule has 1 heterocycles. The predicted octanol–water partition coefficient (Wildman–Crippen LogP) is 3.00. The van der Waals surface area contributed by atoms with Crippen molar-refractivity contribution in [2.75, 3.05) is 0 Å². The van der Waals surface area contributed by atoms with E-state index in [-0.39, 0.29) is 10.9 Å². The van der Waals surface area contributed by atoms with Gasteiger partial charge in [-0.15, -0.1) is 0 Å². The lowest BCUT2D eigenvalue weighted by Gasteiger charge is -2.39. The minimum absolute atomic E-state index is 0.0237. The van der Waals surface area contributed by atoms with E-state index < -0.39 is 27.9 Å². The second-order valence-corrected chi connectivity index (χ2v) is 9.19. The van der Waals surface area contributed by atoms with Crippen LogP contribution < -0.4 is 4.72 Å². The zero-order valence-electron chi connectivity index (χ0n) is 12.7. The van der Waals surface area contributed by atoms with Crippen molar-refractivity contribution in [3.05, 3.63) is 11.1 Å². The fourth-order valence-corrected chi connectivity index (χ4v) is 4.41. The smallest absolute Gasteiger partial charge is 0.417 e. The molecular weight excluding hydrogens is 280 g/mol. The van der Waals surface area contributed by atoms with Gasteiger partial charge >= 0.3 is 12.1 Å². The number of nitrogens with zero attached hydrogens (tertiary/aromatic N) is 1. The zero-order valence-corrected chi connectivity index (χ0v) is 13.5. The normalized spacial score (nSPS) is 25.6. The summed E-state index contributed by atoms with van der Waals surface area (Å²) in [6.45, 7) is 10.9. The van der Waals surface area contributed by atoms with E-state index in [9.17, 15) is 9.59 Å². The third-order valence-electron chi connectivity index (χ3n) is 2.68. The first kappa shape index (κ1) is 16.6.